The first kappa shape index (κ1) is 17.5. The molecule has 21 heavy (non-hydrogen) atoms. The fourth-order valence-electron chi connectivity index (χ4n) is 2.88. The fraction of sp³-hybridized carbons (Fsp3) is 0.750. The highest BCUT2D eigenvalue weighted by atomic mass is 16.4. The summed E-state index contributed by atoms with van der Waals surface area (Å²) in [6, 6.07) is -0.188. The van der Waals surface area contributed by atoms with Crippen molar-refractivity contribution < 1.29 is 14.7 Å². The number of aliphatic carboxylic acids is 1. The second kappa shape index (κ2) is 7.48. The van der Waals surface area contributed by atoms with Crippen molar-refractivity contribution in [2.75, 3.05) is 26.2 Å². The number of likely N-dealkylation sites (tertiary alicyclic amines) is 1. The lowest BCUT2D eigenvalue weighted by atomic mass is 9.77. The second-order valence-electron chi connectivity index (χ2n) is 6.83. The highest BCUT2D eigenvalue weighted by molar-refractivity contribution is 5.80. The number of carboxylic acids is 1. The Morgan fingerprint density at radius 2 is 2.00 bits per heavy atom. The molecule has 1 unspecified atom stereocenters. The van der Waals surface area contributed by atoms with E-state index in [1.807, 2.05) is 0 Å². The molecule has 1 saturated heterocycles. The summed E-state index contributed by atoms with van der Waals surface area (Å²) in [7, 11) is 0. The van der Waals surface area contributed by atoms with Crippen molar-refractivity contribution >= 4 is 12.0 Å². The van der Waals surface area contributed by atoms with Gasteiger partial charge in [-0.3, -0.25) is 4.79 Å². The van der Waals surface area contributed by atoms with Crippen molar-refractivity contribution in [1.29, 1.82) is 0 Å². The van der Waals surface area contributed by atoms with Crippen molar-refractivity contribution in [2.45, 2.75) is 40.0 Å². The van der Waals surface area contributed by atoms with E-state index in [-0.39, 0.29) is 24.5 Å². The van der Waals surface area contributed by atoms with Gasteiger partial charge in [-0.2, -0.15) is 0 Å². The van der Waals surface area contributed by atoms with Crippen LogP contribution in [0.2, 0.25) is 0 Å². The normalized spacial score (nSPS) is 19.8. The molecule has 0 saturated carbocycles. The van der Waals surface area contributed by atoms with Crippen LogP contribution in [0.3, 0.4) is 0 Å². The van der Waals surface area contributed by atoms with Gasteiger partial charge in [-0.15, -0.1) is 6.58 Å². The van der Waals surface area contributed by atoms with E-state index in [0.717, 1.165) is 19.3 Å². The highest BCUT2D eigenvalue weighted by Crippen LogP contribution is 2.34. The molecule has 1 atom stereocenters. The van der Waals surface area contributed by atoms with Crippen LogP contribution in [0, 0.1) is 11.3 Å². The number of carboxylic acid groups (broad SMARTS) is 1. The maximum absolute atomic E-state index is 12.5. The summed E-state index contributed by atoms with van der Waals surface area (Å²) in [4.78, 5) is 26.5. The van der Waals surface area contributed by atoms with E-state index < -0.39 is 5.97 Å². The van der Waals surface area contributed by atoms with Gasteiger partial charge in [-0.1, -0.05) is 26.8 Å². The van der Waals surface area contributed by atoms with Gasteiger partial charge in [-0.25, -0.2) is 4.79 Å². The first-order valence-electron chi connectivity index (χ1n) is 7.62. The van der Waals surface area contributed by atoms with E-state index in [0.29, 0.717) is 19.0 Å². The summed E-state index contributed by atoms with van der Waals surface area (Å²) in [5.74, 6) is -0.393. The molecule has 5 nitrogen and oxygen atoms in total. The lowest BCUT2D eigenvalue weighted by molar-refractivity contribution is -0.137. The Kier molecular flexibility index (Phi) is 6.24. The molecule has 1 aliphatic heterocycles. The Morgan fingerprint density at radius 3 is 2.52 bits per heavy atom. The van der Waals surface area contributed by atoms with Gasteiger partial charge in [0, 0.05) is 19.6 Å². The number of carbonyl (C=O) groups is 2. The summed E-state index contributed by atoms with van der Waals surface area (Å²) in [5, 5.41) is 8.92. The second-order valence-corrected chi connectivity index (χ2v) is 6.83. The molecule has 0 aliphatic carbocycles. The smallest absolute Gasteiger partial charge is 0.323 e. The Labute approximate surface area is 127 Å². The molecule has 120 valence electrons. The van der Waals surface area contributed by atoms with Gasteiger partial charge < -0.3 is 14.9 Å². The molecule has 2 amide bonds. The van der Waals surface area contributed by atoms with Crippen molar-refractivity contribution in [2.24, 2.45) is 11.3 Å². The van der Waals surface area contributed by atoms with E-state index in [2.05, 4.69) is 27.4 Å². The van der Waals surface area contributed by atoms with Gasteiger partial charge >= 0.3 is 12.0 Å². The molecule has 1 fully saturated rings. The zero-order chi connectivity index (χ0) is 16.0. The summed E-state index contributed by atoms with van der Waals surface area (Å²) in [6.07, 6.45) is 4.64. The maximum atomic E-state index is 12.5. The molecule has 1 rings (SSSR count). The van der Waals surface area contributed by atoms with Gasteiger partial charge in [0.25, 0.3) is 0 Å². The van der Waals surface area contributed by atoms with Crippen molar-refractivity contribution in [3.63, 3.8) is 0 Å². The van der Waals surface area contributed by atoms with Crippen LogP contribution in [0.5, 0.6) is 0 Å². The molecule has 5 heteroatoms. The van der Waals surface area contributed by atoms with Crippen LogP contribution in [0.25, 0.3) is 0 Å². The van der Waals surface area contributed by atoms with Crippen LogP contribution < -0.4 is 0 Å². The average Bonchev–Trinajstić information content (AvgIpc) is 2.62. The molecular formula is C16H28N2O3. The zero-order valence-electron chi connectivity index (χ0n) is 13.5. The molecular weight excluding hydrogens is 268 g/mol. The number of carbonyl (C=O) groups excluding carboxylic acids is 1. The number of hydrogen-bond donors (Lipinski definition) is 1. The first-order valence-corrected chi connectivity index (χ1v) is 7.62. The lowest BCUT2D eigenvalue weighted by Crippen LogP contribution is -2.45. The molecule has 1 aliphatic rings. The average molecular weight is 296 g/mol. The predicted octanol–water partition coefficient (Wildman–Crippen LogP) is 2.83. The standard InChI is InChI=1S/C16H28N2O3/c1-5-9-18(12-14(19)20)15(21)17-10-6-7-13(8-11-17)16(2,3)4/h5,13H,1,6-12H2,2-4H3,(H,19,20). The first-order chi connectivity index (χ1) is 9.75. The number of rotatable bonds is 4. The van der Waals surface area contributed by atoms with E-state index in [1.54, 1.807) is 11.0 Å². The molecule has 0 spiro atoms. The Hall–Kier alpha value is -1.52. The highest BCUT2D eigenvalue weighted by Gasteiger charge is 2.30. The zero-order valence-corrected chi connectivity index (χ0v) is 13.5. The van der Waals surface area contributed by atoms with Gasteiger partial charge in [0.2, 0.25) is 0 Å². The molecule has 0 bridgehead atoms. The Balaban J connectivity index is 2.68. The van der Waals surface area contributed by atoms with Crippen LogP contribution in [0.1, 0.15) is 40.0 Å². The topological polar surface area (TPSA) is 60.9 Å². The van der Waals surface area contributed by atoms with Gasteiger partial charge in [-0.05, 0) is 30.6 Å². The van der Waals surface area contributed by atoms with Crippen LogP contribution >= 0.6 is 0 Å². The van der Waals surface area contributed by atoms with Crippen molar-refractivity contribution in [3.05, 3.63) is 12.7 Å². The molecule has 0 radical (unpaired) electrons. The van der Waals surface area contributed by atoms with E-state index in [4.69, 9.17) is 5.11 Å². The number of amides is 2. The van der Waals surface area contributed by atoms with Gasteiger partial charge in [0.1, 0.15) is 6.54 Å². The molecule has 1 heterocycles. The lowest BCUT2D eigenvalue weighted by Gasteiger charge is -2.30. The molecule has 0 aromatic rings. The number of nitrogens with zero attached hydrogens (tertiary/aromatic N) is 2. The minimum absolute atomic E-state index is 0.188. The third kappa shape index (κ3) is 5.40. The summed E-state index contributed by atoms with van der Waals surface area (Å²) >= 11 is 0. The van der Waals surface area contributed by atoms with E-state index >= 15 is 0 Å². The molecule has 0 aromatic carbocycles. The van der Waals surface area contributed by atoms with Crippen LogP contribution in [0.4, 0.5) is 4.79 Å². The largest absolute Gasteiger partial charge is 0.480 e. The maximum Gasteiger partial charge on any atom is 0.323 e. The molecule has 0 aromatic heterocycles. The SMILES string of the molecule is C=CCN(CC(=O)O)C(=O)N1CCCC(C(C)(C)C)CC1. The minimum atomic E-state index is -0.993. The van der Waals surface area contributed by atoms with Crippen molar-refractivity contribution in [3.8, 4) is 0 Å². The third-order valence-corrected chi connectivity index (χ3v) is 4.17. The molecule has 1 N–H and O–H groups in total. The fourth-order valence-corrected chi connectivity index (χ4v) is 2.88. The third-order valence-electron chi connectivity index (χ3n) is 4.17. The number of urea groups is 1. The van der Waals surface area contributed by atoms with Crippen LogP contribution in [-0.2, 0) is 4.79 Å². The van der Waals surface area contributed by atoms with Crippen LogP contribution in [-0.4, -0.2) is 53.1 Å². The summed E-state index contributed by atoms with van der Waals surface area (Å²) in [5.41, 5.74) is 0.251. The van der Waals surface area contributed by atoms with Gasteiger partial charge in [0.05, 0.1) is 0 Å². The minimum Gasteiger partial charge on any atom is -0.480 e. The van der Waals surface area contributed by atoms with E-state index in [1.165, 1.54) is 4.90 Å². The van der Waals surface area contributed by atoms with Gasteiger partial charge in [0.15, 0.2) is 0 Å². The predicted molar refractivity (Wildman–Crippen MR) is 83.2 cm³/mol. The van der Waals surface area contributed by atoms with E-state index in [9.17, 15) is 9.59 Å². The number of hydrogen-bond acceptors (Lipinski definition) is 2. The Morgan fingerprint density at radius 1 is 1.33 bits per heavy atom. The monoisotopic (exact) mass is 296 g/mol. The summed E-state index contributed by atoms with van der Waals surface area (Å²) in [6.45, 7) is 11.7. The Bertz CT molecular complexity index is 387. The summed E-state index contributed by atoms with van der Waals surface area (Å²) < 4.78 is 0. The van der Waals surface area contributed by atoms with Crippen LogP contribution in [0.15, 0.2) is 12.7 Å². The quantitative estimate of drug-likeness (QED) is 0.811. The van der Waals surface area contributed by atoms with Crippen molar-refractivity contribution in [1.82, 2.24) is 9.80 Å².